The van der Waals surface area contributed by atoms with Crippen LogP contribution in [0, 0.1) is 20.8 Å². The summed E-state index contributed by atoms with van der Waals surface area (Å²) < 4.78 is 6.22. The summed E-state index contributed by atoms with van der Waals surface area (Å²) in [6.07, 6.45) is 12.6. The molecule has 0 unspecified atom stereocenters. The topological polar surface area (TPSA) is 15.7 Å². The summed E-state index contributed by atoms with van der Waals surface area (Å²) in [7, 11) is 0. The fraction of sp³-hybridized carbons (Fsp3) is 0.400. The first-order chi connectivity index (χ1) is 26.1. The lowest BCUT2D eigenvalue weighted by molar-refractivity contribution is 0.304. The van der Waals surface area contributed by atoms with Gasteiger partial charge in [0.15, 0.2) is 0 Å². The van der Waals surface area contributed by atoms with Gasteiger partial charge in [-0.1, -0.05) is 128 Å². The molecule has 6 rings (SSSR count). The van der Waals surface area contributed by atoms with E-state index in [1.165, 1.54) is 124 Å². The molecule has 54 heavy (non-hydrogen) atoms. The molecule has 1 aromatic heterocycles. The summed E-state index contributed by atoms with van der Waals surface area (Å²) in [5, 5.41) is 0. The molecule has 1 aliphatic heterocycles. The van der Waals surface area contributed by atoms with Crippen LogP contribution in [0.2, 0.25) is 0 Å². The average molecular weight is 739 g/mol. The van der Waals surface area contributed by atoms with Crippen LogP contribution in [-0.4, -0.2) is 13.2 Å². The molecule has 3 nitrogen and oxygen atoms in total. The fourth-order valence-corrected chi connectivity index (χ4v) is 8.96. The van der Waals surface area contributed by atoms with Crippen molar-refractivity contribution in [2.24, 2.45) is 0 Å². The molecular weight excluding hydrogens is 677 g/mol. The second-order valence-corrected chi connectivity index (χ2v) is 17.0. The van der Waals surface area contributed by atoms with Crippen molar-refractivity contribution in [2.75, 3.05) is 23.0 Å². The third-order valence-corrected chi connectivity index (χ3v) is 12.5. The molecule has 0 N–H and O–H groups in total. The van der Waals surface area contributed by atoms with Crippen LogP contribution in [0.15, 0.2) is 103 Å². The Labute approximate surface area is 330 Å². The molecule has 0 bridgehead atoms. The summed E-state index contributed by atoms with van der Waals surface area (Å²) in [6.45, 7) is 22.1. The number of allylic oxidation sites excluding steroid dienone is 1. The van der Waals surface area contributed by atoms with E-state index in [1.54, 1.807) is 0 Å². The molecule has 0 spiro atoms. The Morgan fingerprint density at radius 3 is 1.94 bits per heavy atom. The summed E-state index contributed by atoms with van der Waals surface area (Å²) in [5.41, 5.74) is 13.6. The highest BCUT2D eigenvalue weighted by atomic mass is 32.1. The van der Waals surface area contributed by atoms with Crippen molar-refractivity contribution < 1.29 is 4.74 Å². The van der Waals surface area contributed by atoms with E-state index in [1.807, 2.05) is 11.3 Å². The van der Waals surface area contributed by atoms with Crippen LogP contribution in [-0.2, 0) is 5.41 Å². The maximum atomic E-state index is 6.22. The standard InChI is InChI=1S/C50H62N2OS/c1-9-11-13-15-16-18-32-53-43-25-28-46(38(5)34-43)52(45-27-19-36(3)33-37(45)4)42-23-20-40(21-24-42)48-29-30-49(54-48)41-22-26-44-47(35-41)51(31-17-14-12-10-2)39(6)50(44,7)8/h19-30,33-35H,6,9-18,31-32H2,1-5,7-8H3. The summed E-state index contributed by atoms with van der Waals surface area (Å²) >= 11 is 1.87. The van der Waals surface area contributed by atoms with Gasteiger partial charge in [0, 0.05) is 50.2 Å². The minimum Gasteiger partial charge on any atom is -0.494 e. The normalized spacial score (nSPS) is 13.4. The Balaban J connectivity index is 1.22. The SMILES string of the molecule is C=C1N(CCCCCC)c2cc(-c3ccc(-c4ccc(N(c5ccc(C)cc5C)c5ccc(OCCCCCCCC)cc5C)cc4)s3)ccc2C1(C)C. The summed E-state index contributed by atoms with van der Waals surface area (Å²) in [6, 6.07) is 34.0. The minimum absolute atomic E-state index is 0.0480. The number of unbranched alkanes of at least 4 members (excludes halogenated alkanes) is 8. The quantitative estimate of drug-likeness (QED) is 0.0833. The molecule has 0 saturated heterocycles. The molecule has 5 aromatic rings. The molecule has 0 aliphatic carbocycles. The second kappa shape index (κ2) is 17.9. The first-order valence-electron chi connectivity index (χ1n) is 20.5. The van der Waals surface area contributed by atoms with Gasteiger partial charge in [-0.3, -0.25) is 0 Å². The molecule has 0 fully saturated rings. The molecule has 0 amide bonds. The molecule has 2 heterocycles. The van der Waals surface area contributed by atoms with E-state index in [0.29, 0.717) is 0 Å². The molecule has 4 aromatic carbocycles. The van der Waals surface area contributed by atoms with Gasteiger partial charge in [0.05, 0.1) is 6.61 Å². The van der Waals surface area contributed by atoms with E-state index in [-0.39, 0.29) is 5.41 Å². The third kappa shape index (κ3) is 8.81. The Morgan fingerprint density at radius 1 is 0.648 bits per heavy atom. The minimum atomic E-state index is -0.0480. The van der Waals surface area contributed by atoms with E-state index in [2.05, 4.69) is 156 Å². The zero-order valence-electron chi connectivity index (χ0n) is 34.1. The first-order valence-corrected chi connectivity index (χ1v) is 21.4. The zero-order chi connectivity index (χ0) is 38.2. The van der Waals surface area contributed by atoms with Crippen LogP contribution in [0.1, 0.15) is 114 Å². The van der Waals surface area contributed by atoms with Gasteiger partial charge in [0.1, 0.15) is 5.75 Å². The fourth-order valence-electron chi connectivity index (χ4n) is 7.96. The second-order valence-electron chi connectivity index (χ2n) is 15.9. The van der Waals surface area contributed by atoms with E-state index in [4.69, 9.17) is 4.74 Å². The molecular formula is C50H62N2OS. The van der Waals surface area contributed by atoms with Crippen LogP contribution >= 0.6 is 11.3 Å². The number of hydrogen-bond donors (Lipinski definition) is 0. The number of thiophene rings is 1. The molecule has 1 aliphatic rings. The Morgan fingerprint density at radius 2 is 1.26 bits per heavy atom. The number of hydrogen-bond acceptors (Lipinski definition) is 4. The van der Waals surface area contributed by atoms with Gasteiger partial charge in [-0.2, -0.15) is 0 Å². The zero-order valence-corrected chi connectivity index (χ0v) is 34.9. The van der Waals surface area contributed by atoms with Gasteiger partial charge in [0.25, 0.3) is 0 Å². The van der Waals surface area contributed by atoms with Crippen molar-refractivity contribution in [1.29, 1.82) is 0 Å². The van der Waals surface area contributed by atoms with Crippen molar-refractivity contribution in [3.05, 3.63) is 126 Å². The summed E-state index contributed by atoms with van der Waals surface area (Å²) in [4.78, 5) is 7.46. The molecule has 0 saturated carbocycles. The van der Waals surface area contributed by atoms with E-state index >= 15 is 0 Å². The van der Waals surface area contributed by atoms with Gasteiger partial charge in [-0.15, -0.1) is 11.3 Å². The molecule has 4 heteroatoms. The maximum absolute atomic E-state index is 6.22. The largest absolute Gasteiger partial charge is 0.494 e. The predicted octanol–water partition coefficient (Wildman–Crippen LogP) is 15.4. The van der Waals surface area contributed by atoms with Crippen LogP contribution in [0.4, 0.5) is 22.7 Å². The van der Waals surface area contributed by atoms with Crippen LogP contribution < -0.4 is 14.5 Å². The molecule has 284 valence electrons. The monoisotopic (exact) mass is 738 g/mol. The number of anilines is 4. The smallest absolute Gasteiger partial charge is 0.119 e. The van der Waals surface area contributed by atoms with Crippen molar-refractivity contribution in [3.8, 4) is 26.6 Å². The van der Waals surface area contributed by atoms with Gasteiger partial charge >= 0.3 is 0 Å². The van der Waals surface area contributed by atoms with Crippen LogP contribution in [0.3, 0.4) is 0 Å². The first kappa shape index (κ1) is 39.4. The lowest BCUT2D eigenvalue weighted by Gasteiger charge is -2.29. The summed E-state index contributed by atoms with van der Waals surface area (Å²) in [5.74, 6) is 0.950. The van der Waals surface area contributed by atoms with E-state index < -0.39 is 0 Å². The molecule has 0 atom stereocenters. The van der Waals surface area contributed by atoms with Gasteiger partial charge in [-0.05, 0) is 116 Å². The average Bonchev–Trinajstić information content (AvgIpc) is 3.73. The lowest BCUT2D eigenvalue weighted by atomic mass is 9.84. The number of ether oxygens (including phenoxy) is 1. The van der Waals surface area contributed by atoms with E-state index in [9.17, 15) is 0 Å². The van der Waals surface area contributed by atoms with Gasteiger partial charge < -0.3 is 14.5 Å². The van der Waals surface area contributed by atoms with Crippen molar-refractivity contribution in [2.45, 2.75) is 118 Å². The van der Waals surface area contributed by atoms with Crippen molar-refractivity contribution >= 4 is 34.1 Å². The van der Waals surface area contributed by atoms with Gasteiger partial charge in [-0.25, -0.2) is 0 Å². The number of fused-ring (bicyclic) bond motifs is 1. The Kier molecular flexibility index (Phi) is 13.1. The number of nitrogens with zero attached hydrogens (tertiary/aromatic N) is 2. The van der Waals surface area contributed by atoms with Crippen molar-refractivity contribution in [1.82, 2.24) is 0 Å². The Hall–Kier alpha value is -4.28. The third-order valence-electron chi connectivity index (χ3n) is 11.3. The maximum Gasteiger partial charge on any atom is 0.119 e. The Bertz CT molecular complexity index is 2020. The van der Waals surface area contributed by atoms with Crippen LogP contribution in [0.25, 0.3) is 20.9 Å². The highest BCUT2D eigenvalue weighted by molar-refractivity contribution is 7.18. The highest BCUT2D eigenvalue weighted by Crippen LogP contribution is 2.49. The number of benzene rings is 4. The van der Waals surface area contributed by atoms with Crippen molar-refractivity contribution in [3.63, 3.8) is 0 Å². The van der Waals surface area contributed by atoms with Gasteiger partial charge in [0.2, 0.25) is 0 Å². The number of aryl methyl sites for hydroxylation is 3. The van der Waals surface area contributed by atoms with E-state index in [0.717, 1.165) is 31.0 Å². The molecule has 0 radical (unpaired) electrons. The van der Waals surface area contributed by atoms with Crippen LogP contribution in [0.5, 0.6) is 5.75 Å². The lowest BCUT2D eigenvalue weighted by Crippen LogP contribution is -2.26. The number of rotatable bonds is 18. The highest BCUT2D eigenvalue weighted by Gasteiger charge is 2.38. The predicted molar refractivity (Wildman–Crippen MR) is 237 cm³/mol.